The summed E-state index contributed by atoms with van der Waals surface area (Å²) in [5.41, 5.74) is 9.09. The van der Waals surface area contributed by atoms with Crippen LogP contribution in [-0.4, -0.2) is 19.5 Å². The van der Waals surface area contributed by atoms with Crippen LogP contribution in [0.25, 0.3) is 116 Å². The van der Waals surface area contributed by atoms with Crippen molar-refractivity contribution in [3.63, 3.8) is 0 Å². The van der Waals surface area contributed by atoms with Crippen LogP contribution < -0.4 is 0 Å². The minimum atomic E-state index is 0.545. The third-order valence-corrected chi connectivity index (χ3v) is 10.8. The maximum atomic E-state index is 6.56. The van der Waals surface area contributed by atoms with E-state index in [0.29, 0.717) is 17.5 Å². The second-order valence-electron chi connectivity index (χ2n) is 13.9. The minimum absolute atomic E-state index is 0.545. The first-order valence-electron chi connectivity index (χ1n) is 18.4. The molecule has 12 aromatic rings. The molecular formula is C49H28N4O2. The highest BCUT2D eigenvalue weighted by atomic mass is 16.3. The molecule has 0 spiro atoms. The Labute approximate surface area is 313 Å². The molecule has 6 heteroatoms. The summed E-state index contributed by atoms with van der Waals surface area (Å²) in [5.74, 6) is 1.70. The summed E-state index contributed by atoms with van der Waals surface area (Å²) >= 11 is 0. The molecule has 0 unspecified atom stereocenters. The zero-order valence-electron chi connectivity index (χ0n) is 29.3. The van der Waals surface area contributed by atoms with Gasteiger partial charge in [-0.05, 0) is 65.4 Å². The maximum Gasteiger partial charge on any atom is 0.167 e. The molecule has 0 aliphatic carbocycles. The van der Waals surface area contributed by atoms with E-state index in [0.717, 1.165) is 77.3 Å². The fourth-order valence-electron chi connectivity index (χ4n) is 8.40. The lowest BCUT2D eigenvalue weighted by atomic mass is 10.0. The van der Waals surface area contributed by atoms with Gasteiger partial charge in [-0.25, -0.2) is 15.0 Å². The third kappa shape index (κ3) is 4.46. The number of aromatic nitrogens is 4. The number of benzene rings is 8. The maximum absolute atomic E-state index is 6.56. The van der Waals surface area contributed by atoms with Crippen LogP contribution in [0.3, 0.4) is 0 Å². The second kappa shape index (κ2) is 11.5. The third-order valence-electron chi connectivity index (χ3n) is 10.8. The Balaban J connectivity index is 1.11. The molecular weight excluding hydrogens is 677 g/mol. The fourth-order valence-corrected chi connectivity index (χ4v) is 8.40. The first-order valence-corrected chi connectivity index (χ1v) is 18.4. The Morgan fingerprint density at radius 1 is 0.382 bits per heavy atom. The van der Waals surface area contributed by atoms with Crippen LogP contribution in [0.1, 0.15) is 0 Å². The lowest BCUT2D eigenvalue weighted by molar-refractivity contribution is 0.668. The Morgan fingerprint density at radius 3 is 1.98 bits per heavy atom. The van der Waals surface area contributed by atoms with Crippen LogP contribution >= 0.6 is 0 Å². The molecule has 0 bridgehead atoms. The van der Waals surface area contributed by atoms with Crippen molar-refractivity contribution in [3.8, 4) is 39.9 Å². The molecule has 256 valence electrons. The molecule has 0 radical (unpaired) electrons. The molecule has 0 N–H and O–H groups in total. The van der Waals surface area contributed by atoms with Gasteiger partial charge in [0, 0.05) is 38.1 Å². The van der Waals surface area contributed by atoms with Crippen molar-refractivity contribution in [1.82, 2.24) is 19.5 Å². The summed E-state index contributed by atoms with van der Waals surface area (Å²) in [7, 11) is 0. The number of furan rings is 2. The smallest absolute Gasteiger partial charge is 0.167 e. The Bertz CT molecular complexity index is 3500. The predicted octanol–water partition coefficient (Wildman–Crippen LogP) is 12.9. The normalized spacial score (nSPS) is 12.0. The van der Waals surface area contributed by atoms with Gasteiger partial charge >= 0.3 is 0 Å². The zero-order valence-corrected chi connectivity index (χ0v) is 29.3. The van der Waals surface area contributed by atoms with E-state index in [-0.39, 0.29) is 0 Å². The molecule has 0 fully saturated rings. The number of hydrogen-bond acceptors (Lipinski definition) is 5. The SMILES string of the molecule is c1ccc(-c2nc(-c3ccc4oc5cccc(-n6c7ccccc7c7c8ccccc8ccc76)c5c4c3)nc(-c3cccc4c3oc3ccccc34)n2)cc1. The molecule has 0 amide bonds. The highest BCUT2D eigenvalue weighted by molar-refractivity contribution is 6.22. The van der Waals surface area contributed by atoms with Crippen molar-refractivity contribution >= 4 is 76.5 Å². The molecule has 0 saturated carbocycles. The first kappa shape index (κ1) is 29.9. The van der Waals surface area contributed by atoms with Crippen molar-refractivity contribution in [3.05, 3.63) is 170 Å². The van der Waals surface area contributed by atoms with Crippen molar-refractivity contribution < 1.29 is 8.83 Å². The van der Waals surface area contributed by atoms with Gasteiger partial charge in [0.15, 0.2) is 17.5 Å². The highest BCUT2D eigenvalue weighted by Gasteiger charge is 2.21. The average Bonchev–Trinajstić information content (AvgIpc) is 3.93. The van der Waals surface area contributed by atoms with E-state index in [9.17, 15) is 0 Å². The van der Waals surface area contributed by atoms with Gasteiger partial charge in [0.25, 0.3) is 0 Å². The first-order chi connectivity index (χ1) is 27.3. The molecule has 6 nitrogen and oxygen atoms in total. The summed E-state index contributed by atoms with van der Waals surface area (Å²) in [6.45, 7) is 0. The number of nitrogens with zero attached hydrogens (tertiary/aromatic N) is 4. The molecule has 8 aromatic carbocycles. The summed E-state index contributed by atoms with van der Waals surface area (Å²) in [4.78, 5) is 15.3. The summed E-state index contributed by atoms with van der Waals surface area (Å²) < 4.78 is 15.4. The van der Waals surface area contributed by atoms with Gasteiger partial charge in [-0.3, -0.25) is 0 Å². The van der Waals surface area contributed by atoms with Crippen LogP contribution in [0.15, 0.2) is 179 Å². The van der Waals surface area contributed by atoms with E-state index in [2.05, 4.69) is 95.6 Å². The molecule has 12 rings (SSSR count). The van der Waals surface area contributed by atoms with Crippen LogP contribution in [0.5, 0.6) is 0 Å². The number of rotatable bonds is 4. The van der Waals surface area contributed by atoms with Gasteiger partial charge in [0.1, 0.15) is 22.3 Å². The lowest BCUT2D eigenvalue weighted by Gasteiger charge is -2.11. The van der Waals surface area contributed by atoms with E-state index in [1.165, 1.54) is 21.5 Å². The van der Waals surface area contributed by atoms with Crippen LogP contribution in [0.2, 0.25) is 0 Å². The minimum Gasteiger partial charge on any atom is -0.456 e. The van der Waals surface area contributed by atoms with Gasteiger partial charge in [-0.2, -0.15) is 0 Å². The summed E-state index contributed by atoms with van der Waals surface area (Å²) in [6, 6.07) is 58.5. The van der Waals surface area contributed by atoms with Gasteiger partial charge < -0.3 is 13.4 Å². The summed E-state index contributed by atoms with van der Waals surface area (Å²) in [6.07, 6.45) is 0. The Hall–Kier alpha value is -7.57. The van der Waals surface area contributed by atoms with E-state index in [1.54, 1.807) is 0 Å². The van der Waals surface area contributed by atoms with E-state index in [1.807, 2.05) is 78.9 Å². The van der Waals surface area contributed by atoms with Crippen molar-refractivity contribution in [1.29, 1.82) is 0 Å². The van der Waals surface area contributed by atoms with Crippen molar-refractivity contribution in [2.45, 2.75) is 0 Å². The molecule has 0 saturated heterocycles. The van der Waals surface area contributed by atoms with Crippen LogP contribution in [0.4, 0.5) is 0 Å². The van der Waals surface area contributed by atoms with E-state index < -0.39 is 0 Å². The second-order valence-corrected chi connectivity index (χ2v) is 13.9. The molecule has 0 atom stereocenters. The van der Waals surface area contributed by atoms with E-state index in [4.69, 9.17) is 23.8 Å². The molecule has 0 aliphatic rings. The highest BCUT2D eigenvalue weighted by Crippen LogP contribution is 2.42. The van der Waals surface area contributed by atoms with Crippen molar-refractivity contribution in [2.75, 3.05) is 0 Å². The standard InChI is InChI=1S/C49H28N4O2/c1-2-13-30(14-3-1)47-50-48(52-49(51-47)36-19-10-18-34-33-16-7-9-22-41(33)55-46(34)36)31-25-27-42-37(28-31)45-39(21-11-23-43(45)54-42)53-38-20-8-6-17-35(38)44-32-15-5-4-12-29(32)24-26-40(44)53/h1-28H. The molecule has 0 aliphatic heterocycles. The number of fused-ring (bicyclic) bond motifs is 11. The van der Waals surface area contributed by atoms with Gasteiger partial charge in [0.2, 0.25) is 0 Å². The quantitative estimate of drug-likeness (QED) is 0.182. The van der Waals surface area contributed by atoms with Crippen LogP contribution in [0, 0.1) is 0 Å². The van der Waals surface area contributed by atoms with Gasteiger partial charge in [-0.1, -0.05) is 115 Å². The summed E-state index contributed by atoms with van der Waals surface area (Å²) in [5, 5.41) is 9.00. The van der Waals surface area contributed by atoms with Gasteiger partial charge in [-0.15, -0.1) is 0 Å². The van der Waals surface area contributed by atoms with Crippen molar-refractivity contribution in [2.24, 2.45) is 0 Å². The molecule has 4 heterocycles. The lowest BCUT2D eigenvalue weighted by Crippen LogP contribution is -2.00. The zero-order chi connectivity index (χ0) is 36.0. The topological polar surface area (TPSA) is 69.9 Å². The molecule has 4 aromatic heterocycles. The average molecular weight is 705 g/mol. The van der Waals surface area contributed by atoms with E-state index >= 15 is 0 Å². The monoisotopic (exact) mass is 704 g/mol. The Kier molecular flexibility index (Phi) is 6.24. The van der Waals surface area contributed by atoms with Gasteiger partial charge in [0.05, 0.1) is 27.7 Å². The Morgan fingerprint density at radius 2 is 1.07 bits per heavy atom. The predicted molar refractivity (Wildman–Crippen MR) is 223 cm³/mol. The fraction of sp³-hybridized carbons (Fsp3) is 0. The largest absolute Gasteiger partial charge is 0.456 e. The van der Waals surface area contributed by atoms with Crippen LogP contribution in [-0.2, 0) is 0 Å². The number of hydrogen-bond donors (Lipinski definition) is 0. The number of para-hydroxylation sites is 3. The molecule has 55 heavy (non-hydrogen) atoms.